The molecule has 1 saturated carbocycles. The van der Waals surface area contributed by atoms with Gasteiger partial charge in [0.15, 0.2) is 0 Å². The van der Waals surface area contributed by atoms with Crippen molar-refractivity contribution in [3.05, 3.63) is 48.9 Å². The molecule has 0 aromatic carbocycles. The molecule has 2 N–H and O–H groups in total. The summed E-state index contributed by atoms with van der Waals surface area (Å²) in [7, 11) is 2.00. The molecule has 0 spiro atoms. The highest BCUT2D eigenvalue weighted by Gasteiger charge is 2.28. The smallest absolute Gasteiger partial charge is 0.241 e. The number of pyridine rings is 2. The Balaban J connectivity index is 1.45. The molecule has 1 fully saturated rings. The fraction of sp³-hybridized carbons (Fsp3) is 0.263. The van der Waals surface area contributed by atoms with Gasteiger partial charge in [-0.3, -0.25) is 4.98 Å². The van der Waals surface area contributed by atoms with Crippen molar-refractivity contribution >= 4 is 22.5 Å². The minimum absolute atomic E-state index is 0.439. The van der Waals surface area contributed by atoms with Gasteiger partial charge in [0.2, 0.25) is 5.95 Å². The Morgan fingerprint density at radius 3 is 2.85 bits per heavy atom. The maximum Gasteiger partial charge on any atom is 0.241 e. The fourth-order valence-corrected chi connectivity index (χ4v) is 3.44. The maximum atomic E-state index is 4.72. The number of nitrogens with zero attached hydrogens (tertiary/aromatic N) is 5. The van der Waals surface area contributed by atoms with Gasteiger partial charge < -0.3 is 10.6 Å². The van der Waals surface area contributed by atoms with Crippen LogP contribution < -0.4 is 10.6 Å². The number of fused-ring (bicyclic) bond motifs is 2. The maximum absolute atomic E-state index is 4.72. The normalized spacial score (nSPS) is 19.6. The highest BCUT2D eigenvalue weighted by Crippen LogP contribution is 2.26. The van der Waals surface area contributed by atoms with Crippen LogP contribution in [-0.4, -0.2) is 43.7 Å². The van der Waals surface area contributed by atoms with Crippen molar-refractivity contribution in [3.63, 3.8) is 0 Å². The van der Waals surface area contributed by atoms with Crippen LogP contribution in [0.5, 0.6) is 0 Å². The Morgan fingerprint density at radius 1 is 1.04 bits per heavy atom. The van der Waals surface area contributed by atoms with E-state index < -0.39 is 0 Å². The van der Waals surface area contributed by atoms with E-state index in [1.54, 1.807) is 6.20 Å². The highest BCUT2D eigenvalue weighted by molar-refractivity contribution is 5.83. The van der Waals surface area contributed by atoms with E-state index in [1.165, 1.54) is 0 Å². The van der Waals surface area contributed by atoms with Crippen LogP contribution in [0.1, 0.15) is 12.8 Å². The van der Waals surface area contributed by atoms with Gasteiger partial charge in [-0.05, 0) is 50.2 Å². The molecular weight excluding hydrogens is 326 g/mol. The van der Waals surface area contributed by atoms with Crippen LogP contribution in [0.15, 0.2) is 48.9 Å². The number of nitrogens with one attached hydrogen (secondary N) is 2. The third kappa shape index (κ3) is 2.57. The Bertz CT molecular complexity index is 1080. The second kappa shape index (κ2) is 6.03. The van der Waals surface area contributed by atoms with E-state index in [2.05, 4.69) is 25.7 Å². The fourth-order valence-electron chi connectivity index (χ4n) is 3.44. The summed E-state index contributed by atoms with van der Waals surface area (Å²) in [6.45, 7) is 0. The zero-order valence-corrected chi connectivity index (χ0v) is 14.4. The first-order valence-electron chi connectivity index (χ1n) is 8.80. The molecule has 130 valence electrons. The van der Waals surface area contributed by atoms with Crippen molar-refractivity contribution in [3.8, 4) is 11.3 Å². The van der Waals surface area contributed by atoms with Gasteiger partial charge in [0.1, 0.15) is 0 Å². The van der Waals surface area contributed by atoms with E-state index in [0.29, 0.717) is 18.0 Å². The zero-order chi connectivity index (χ0) is 17.5. The SMILES string of the molecule is CN[C@H]1C[C@@H](Nc2ncc3c(-c4ccc5ncccc5n4)ccn3n2)C1. The summed E-state index contributed by atoms with van der Waals surface area (Å²) in [4.78, 5) is 13.5. The standard InChI is InChI=1S/C19H19N7/c1-20-12-9-13(10-12)23-19-22-11-18-14(6-8-26(18)25-19)15-4-5-16-17(24-15)3-2-7-21-16/h2-8,11-13,20H,9-10H2,1H3,(H,23,25)/t12-,13+. The summed E-state index contributed by atoms with van der Waals surface area (Å²) in [5, 5.41) is 11.3. The molecule has 0 saturated heterocycles. The molecule has 4 heterocycles. The summed E-state index contributed by atoms with van der Waals surface area (Å²) in [5.74, 6) is 0.662. The minimum Gasteiger partial charge on any atom is -0.350 e. The molecule has 0 radical (unpaired) electrons. The molecule has 7 heteroatoms. The molecular formula is C19H19N7. The summed E-state index contributed by atoms with van der Waals surface area (Å²) in [5.41, 5.74) is 4.62. The van der Waals surface area contributed by atoms with Crippen LogP contribution in [0.4, 0.5) is 5.95 Å². The van der Waals surface area contributed by atoms with Gasteiger partial charge in [0, 0.05) is 30.0 Å². The summed E-state index contributed by atoms with van der Waals surface area (Å²) >= 11 is 0. The van der Waals surface area contributed by atoms with Gasteiger partial charge in [-0.1, -0.05) is 0 Å². The van der Waals surface area contributed by atoms with E-state index in [4.69, 9.17) is 4.98 Å². The van der Waals surface area contributed by atoms with E-state index in [1.807, 2.05) is 54.3 Å². The molecule has 0 bridgehead atoms. The molecule has 5 rings (SSSR count). The van der Waals surface area contributed by atoms with Crippen molar-refractivity contribution < 1.29 is 0 Å². The molecule has 4 aromatic heterocycles. The second-order valence-corrected chi connectivity index (χ2v) is 6.68. The molecule has 0 unspecified atom stereocenters. The van der Waals surface area contributed by atoms with Crippen LogP contribution in [0, 0.1) is 0 Å². The minimum atomic E-state index is 0.439. The summed E-state index contributed by atoms with van der Waals surface area (Å²) < 4.78 is 1.86. The van der Waals surface area contributed by atoms with Crippen LogP contribution in [0.3, 0.4) is 0 Å². The first kappa shape index (κ1) is 15.2. The average molecular weight is 345 g/mol. The molecule has 0 aliphatic heterocycles. The average Bonchev–Trinajstić information content (AvgIpc) is 3.07. The summed E-state index contributed by atoms with van der Waals surface area (Å²) in [6, 6.07) is 10.9. The first-order valence-corrected chi connectivity index (χ1v) is 8.80. The Morgan fingerprint density at radius 2 is 1.96 bits per heavy atom. The van der Waals surface area contributed by atoms with Crippen LogP contribution in [-0.2, 0) is 0 Å². The molecule has 1 aliphatic rings. The number of anilines is 1. The van der Waals surface area contributed by atoms with Crippen LogP contribution in [0.2, 0.25) is 0 Å². The topological polar surface area (TPSA) is 80.0 Å². The van der Waals surface area contributed by atoms with Gasteiger partial charge in [-0.2, -0.15) is 0 Å². The van der Waals surface area contributed by atoms with E-state index >= 15 is 0 Å². The molecule has 4 aromatic rings. The first-order chi connectivity index (χ1) is 12.8. The number of aromatic nitrogens is 5. The van der Waals surface area contributed by atoms with Crippen molar-refractivity contribution in [2.45, 2.75) is 24.9 Å². The molecule has 0 amide bonds. The van der Waals surface area contributed by atoms with Gasteiger partial charge in [0.05, 0.1) is 28.4 Å². The third-order valence-corrected chi connectivity index (χ3v) is 5.03. The van der Waals surface area contributed by atoms with Crippen molar-refractivity contribution in [2.75, 3.05) is 12.4 Å². The van der Waals surface area contributed by atoms with E-state index in [-0.39, 0.29) is 0 Å². The number of rotatable bonds is 4. The van der Waals surface area contributed by atoms with Crippen LogP contribution >= 0.6 is 0 Å². The lowest BCUT2D eigenvalue weighted by molar-refractivity contribution is 0.325. The zero-order valence-electron chi connectivity index (χ0n) is 14.4. The predicted octanol–water partition coefficient (Wildman–Crippen LogP) is 2.50. The lowest BCUT2D eigenvalue weighted by Crippen LogP contribution is -2.46. The lowest BCUT2D eigenvalue weighted by atomic mass is 9.87. The van der Waals surface area contributed by atoms with Crippen molar-refractivity contribution in [1.82, 2.24) is 29.9 Å². The quantitative estimate of drug-likeness (QED) is 0.592. The molecule has 7 nitrogen and oxygen atoms in total. The Kier molecular flexibility index (Phi) is 3.53. The Hall–Kier alpha value is -3.06. The summed E-state index contributed by atoms with van der Waals surface area (Å²) in [6.07, 6.45) is 7.78. The lowest BCUT2D eigenvalue weighted by Gasteiger charge is -2.35. The number of hydrogen-bond acceptors (Lipinski definition) is 6. The van der Waals surface area contributed by atoms with Crippen LogP contribution in [0.25, 0.3) is 27.8 Å². The highest BCUT2D eigenvalue weighted by atomic mass is 15.3. The third-order valence-electron chi connectivity index (χ3n) is 5.03. The predicted molar refractivity (Wildman–Crippen MR) is 101 cm³/mol. The largest absolute Gasteiger partial charge is 0.350 e. The van der Waals surface area contributed by atoms with Gasteiger partial charge in [0.25, 0.3) is 0 Å². The Labute approximate surface area is 150 Å². The van der Waals surface area contributed by atoms with Gasteiger partial charge in [-0.15, -0.1) is 5.10 Å². The molecule has 1 aliphatic carbocycles. The van der Waals surface area contributed by atoms with Crippen molar-refractivity contribution in [1.29, 1.82) is 0 Å². The second-order valence-electron chi connectivity index (χ2n) is 6.68. The number of hydrogen-bond donors (Lipinski definition) is 2. The monoisotopic (exact) mass is 345 g/mol. The van der Waals surface area contributed by atoms with Gasteiger partial charge in [-0.25, -0.2) is 14.5 Å². The van der Waals surface area contributed by atoms with Crippen molar-refractivity contribution in [2.24, 2.45) is 0 Å². The van der Waals surface area contributed by atoms with E-state index in [9.17, 15) is 0 Å². The molecule has 26 heavy (non-hydrogen) atoms. The van der Waals surface area contributed by atoms with E-state index in [0.717, 1.165) is 40.6 Å². The van der Waals surface area contributed by atoms with Gasteiger partial charge >= 0.3 is 0 Å². The molecule has 0 atom stereocenters.